The molecule has 0 radical (unpaired) electrons. The smallest absolute Gasteiger partial charge is 0.142 e. The fourth-order valence-electron chi connectivity index (χ4n) is 1.14. The van der Waals surface area contributed by atoms with Gasteiger partial charge in [-0.2, -0.15) is 0 Å². The molecule has 0 bridgehead atoms. The Kier molecular flexibility index (Phi) is 7.01. The molecule has 0 aromatic rings. The van der Waals surface area contributed by atoms with Gasteiger partial charge in [-0.1, -0.05) is 12.2 Å². The van der Waals surface area contributed by atoms with Crippen molar-refractivity contribution in [2.75, 3.05) is 14.2 Å². The van der Waals surface area contributed by atoms with Crippen molar-refractivity contribution >= 4 is 5.71 Å². The van der Waals surface area contributed by atoms with E-state index in [1.165, 1.54) is 0 Å². The molecule has 0 atom stereocenters. The molecule has 0 heterocycles. The number of nitrogens with one attached hydrogen (secondary N) is 1. The highest BCUT2D eigenvalue weighted by Gasteiger charge is 2.02. The third kappa shape index (κ3) is 4.82. The zero-order valence-electron chi connectivity index (χ0n) is 11.1. The molecule has 0 saturated carbocycles. The minimum Gasteiger partial charge on any atom is -0.495 e. The number of hydrogen-bond donors (Lipinski definition) is 1. The summed E-state index contributed by atoms with van der Waals surface area (Å²) in [6.45, 7) is 7.84. The van der Waals surface area contributed by atoms with Crippen LogP contribution in [-0.4, -0.2) is 19.9 Å². The average molecular weight is 222 g/mol. The van der Waals surface area contributed by atoms with Crippen LogP contribution in [0, 0.1) is 0 Å². The van der Waals surface area contributed by atoms with Gasteiger partial charge in [0.05, 0.1) is 12.8 Å². The maximum atomic E-state index is 5.31. The fourth-order valence-corrected chi connectivity index (χ4v) is 1.14. The third-order valence-corrected chi connectivity index (χ3v) is 2.22. The summed E-state index contributed by atoms with van der Waals surface area (Å²) in [5.41, 5.74) is 2.85. The van der Waals surface area contributed by atoms with Crippen molar-refractivity contribution in [1.82, 2.24) is 5.32 Å². The molecular formula is C13H22N2O. The standard InChI is InChI=1S/C13H22N2O/c1-7-10(3)15-11(4)13(16-6)9-12(8-2)14-5/h7-9,14H,1-6H3/b10-7-,12-8+,13-9+,15-11-. The Labute approximate surface area is 98.6 Å². The number of methoxy groups -OCH3 is 1. The molecule has 0 aromatic carbocycles. The predicted octanol–water partition coefficient (Wildman–Crippen LogP) is 3.02. The van der Waals surface area contributed by atoms with E-state index in [-0.39, 0.29) is 0 Å². The molecule has 0 aliphatic rings. The van der Waals surface area contributed by atoms with E-state index in [2.05, 4.69) is 10.3 Å². The summed E-state index contributed by atoms with van der Waals surface area (Å²) in [5, 5.41) is 3.07. The van der Waals surface area contributed by atoms with Crippen LogP contribution in [0.25, 0.3) is 0 Å². The quantitative estimate of drug-likeness (QED) is 0.441. The molecule has 90 valence electrons. The van der Waals surface area contributed by atoms with Gasteiger partial charge in [0.1, 0.15) is 5.76 Å². The van der Waals surface area contributed by atoms with Crippen LogP contribution in [0.1, 0.15) is 27.7 Å². The van der Waals surface area contributed by atoms with E-state index < -0.39 is 0 Å². The number of likely N-dealkylation sites (N-methyl/N-ethyl adjacent to an activating group) is 1. The molecule has 0 unspecified atom stereocenters. The van der Waals surface area contributed by atoms with Crippen LogP contribution in [-0.2, 0) is 4.74 Å². The van der Waals surface area contributed by atoms with Gasteiger partial charge in [0.2, 0.25) is 0 Å². The van der Waals surface area contributed by atoms with E-state index >= 15 is 0 Å². The summed E-state index contributed by atoms with van der Waals surface area (Å²) < 4.78 is 5.31. The number of nitrogens with zero attached hydrogens (tertiary/aromatic N) is 1. The average Bonchev–Trinajstić information content (AvgIpc) is 2.30. The van der Waals surface area contributed by atoms with E-state index in [1.54, 1.807) is 7.11 Å². The molecule has 0 aromatic heterocycles. The molecule has 0 spiro atoms. The number of aliphatic imine (C=N–C) groups is 1. The predicted molar refractivity (Wildman–Crippen MR) is 70.4 cm³/mol. The van der Waals surface area contributed by atoms with Crippen molar-refractivity contribution < 1.29 is 4.74 Å². The second-order valence-corrected chi connectivity index (χ2v) is 3.33. The molecule has 1 N–H and O–H groups in total. The van der Waals surface area contributed by atoms with Gasteiger partial charge in [-0.25, -0.2) is 0 Å². The Morgan fingerprint density at radius 3 is 2.19 bits per heavy atom. The number of allylic oxidation sites excluding steroid dienone is 5. The molecule has 3 heteroatoms. The second kappa shape index (κ2) is 7.74. The number of hydrogen-bond acceptors (Lipinski definition) is 3. The van der Waals surface area contributed by atoms with Gasteiger partial charge in [-0.05, 0) is 27.7 Å². The van der Waals surface area contributed by atoms with Gasteiger partial charge >= 0.3 is 0 Å². The monoisotopic (exact) mass is 222 g/mol. The highest BCUT2D eigenvalue weighted by Crippen LogP contribution is 2.06. The Morgan fingerprint density at radius 2 is 1.81 bits per heavy atom. The van der Waals surface area contributed by atoms with Crippen LogP contribution in [0.2, 0.25) is 0 Å². The summed E-state index contributed by atoms with van der Waals surface area (Å²) >= 11 is 0. The fraction of sp³-hybridized carbons (Fsp3) is 0.462. The largest absolute Gasteiger partial charge is 0.495 e. The summed E-state index contributed by atoms with van der Waals surface area (Å²) in [6, 6.07) is 0. The molecule has 0 aliphatic heterocycles. The Balaban J connectivity index is 5.07. The van der Waals surface area contributed by atoms with Crippen LogP contribution >= 0.6 is 0 Å². The first-order valence-electron chi connectivity index (χ1n) is 5.37. The molecule has 3 nitrogen and oxygen atoms in total. The van der Waals surface area contributed by atoms with Gasteiger partial charge in [-0.15, -0.1) is 0 Å². The molecule has 16 heavy (non-hydrogen) atoms. The van der Waals surface area contributed by atoms with Gasteiger partial charge in [0.25, 0.3) is 0 Å². The first kappa shape index (κ1) is 14.5. The highest BCUT2D eigenvalue weighted by atomic mass is 16.5. The Hall–Kier alpha value is -1.51. The van der Waals surface area contributed by atoms with Crippen molar-refractivity contribution in [3.8, 4) is 0 Å². The minimum atomic E-state index is 0.767. The summed E-state index contributed by atoms with van der Waals surface area (Å²) in [7, 11) is 3.53. The van der Waals surface area contributed by atoms with E-state index in [0.717, 1.165) is 22.9 Å². The van der Waals surface area contributed by atoms with Gasteiger partial charge < -0.3 is 10.1 Å². The summed E-state index contributed by atoms with van der Waals surface area (Å²) in [5.74, 6) is 0.767. The Bertz CT molecular complexity index is 336. The molecule has 0 rings (SSSR count). The normalized spacial score (nSPS) is 15.1. The highest BCUT2D eigenvalue weighted by molar-refractivity contribution is 5.97. The van der Waals surface area contributed by atoms with Crippen molar-refractivity contribution in [3.63, 3.8) is 0 Å². The SMILES string of the molecule is C\C=C(C)/N=C(C)\C(=C/C(=C\C)NC)OC. The van der Waals surface area contributed by atoms with E-state index in [9.17, 15) is 0 Å². The Morgan fingerprint density at radius 1 is 1.19 bits per heavy atom. The van der Waals surface area contributed by atoms with Crippen LogP contribution < -0.4 is 5.32 Å². The number of ether oxygens (including phenoxy) is 1. The van der Waals surface area contributed by atoms with Crippen molar-refractivity contribution in [1.29, 1.82) is 0 Å². The molecule has 0 aliphatic carbocycles. The van der Waals surface area contributed by atoms with Crippen molar-refractivity contribution in [2.24, 2.45) is 4.99 Å². The van der Waals surface area contributed by atoms with Crippen LogP contribution in [0.15, 0.2) is 40.4 Å². The van der Waals surface area contributed by atoms with E-state index in [4.69, 9.17) is 4.74 Å². The van der Waals surface area contributed by atoms with Crippen LogP contribution in [0.5, 0.6) is 0 Å². The van der Waals surface area contributed by atoms with Crippen LogP contribution in [0.3, 0.4) is 0 Å². The lowest BCUT2D eigenvalue weighted by molar-refractivity contribution is 0.314. The van der Waals surface area contributed by atoms with Crippen molar-refractivity contribution in [3.05, 3.63) is 35.4 Å². The molecular weight excluding hydrogens is 200 g/mol. The molecule has 0 fully saturated rings. The third-order valence-electron chi connectivity index (χ3n) is 2.22. The maximum Gasteiger partial charge on any atom is 0.142 e. The van der Waals surface area contributed by atoms with E-state index in [1.807, 2.05) is 53.0 Å². The topological polar surface area (TPSA) is 33.6 Å². The van der Waals surface area contributed by atoms with Crippen molar-refractivity contribution in [2.45, 2.75) is 27.7 Å². The molecule has 0 saturated heterocycles. The lowest BCUT2D eigenvalue weighted by Crippen LogP contribution is -2.07. The van der Waals surface area contributed by atoms with Gasteiger partial charge in [0.15, 0.2) is 0 Å². The molecule has 0 amide bonds. The summed E-state index contributed by atoms with van der Waals surface area (Å²) in [4.78, 5) is 4.42. The number of rotatable bonds is 5. The van der Waals surface area contributed by atoms with E-state index in [0.29, 0.717) is 0 Å². The lowest BCUT2D eigenvalue weighted by Gasteiger charge is -2.08. The second-order valence-electron chi connectivity index (χ2n) is 3.33. The zero-order chi connectivity index (χ0) is 12.6. The lowest BCUT2D eigenvalue weighted by atomic mass is 10.2. The first-order valence-corrected chi connectivity index (χ1v) is 5.37. The minimum absolute atomic E-state index is 0.767. The van der Waals surface area contributed by atoms with Gasteiger partial charge in [-0.3, -0.25) is 4.99 Å². The van der Waals surface area contributed by atoms with Crippen LogP contribution in [0.4, 0.5) is 0 Å². The van der Waals surface area contributed by atoms with Gasteiger partial charge in [0, 0.05) is 24.5 Å². The summed E-state index contributed by atoms with van der Waals surface area (Å²) in [6.07, 6.45) is 5.88. The zero-order valence-corrected chi connectivity index (χ0v) is 11.1. The maximum absolute atomic E-state index is 5.31. The first-order chi connectivity index (χ1) is 7.58.